The average molecular weight is 949 g/mol. The highest BCUT2D eigenvalue weighted by Crippen LogP contribution is 2.19. The second kappa shape index (κ2) is 56.0. The molecule has 0 aliphatic rings. The summed E-state index contributed by atoms with van der Waals surface area (Å²) in [6, 6.07) is -0.983. The van der Waals surface area contributed by atoms with Gasteiger partial charge in [-0.3, -0.25) is 4.79 Å². The van der Waals surface area contributed by atoms with Crippen LogP contribution in [0.2, 0.25) is 0 Å². The lowest BCUT2D eigenvalue weighted by Crippen LogP contribution is -2.53. The first-order valence-corrected chi connectivity index (χ1v) is 30.6. The van der Waals surface area contributed by atoms with E-state index in [0.29, 0.717) is 12.8 Å². The van der Waals surface area contributed by atoms with Gasteiger partial charge in [-0.15, -0.1) is 0 Å². The Hall–Kier alpha value is -0.950. The zero-order chi connectivity index (χ0) is 48.8. The monoisotopic (exact) mass is 948 g/mol. The molecule has 5 N–H and O–H groups in total. The molecule has 0 saturated heterocycles. The van der Waals surface area contributed by atoms with E-state index in [9.17, 15) is 25.2 Å². The highest BCUT2D eigenvalue weighted by atomic mass is 16.3. The summed E-state index contributed by atoms with van der Waals surface area (Å²) in [6.45, 7) is 4.10. The Morgan fingerprint density at radius 1 is 0.358 bits per heavy atom. The molecule has 0 bridgehead atoms. The van der Waals surface area contributed by atoms with Crippen molar-refractivity contribution < 1.29 is 25.2 Å². The molecule has 0 aromatic heterocycles. The highest BCUT2D eigenvalue weighted by molar-refractivity contribution is 5.80. The van der Waals surface area contributed by atoms with Crippen molar-refractivity contribution in [3.05, 3.63) is 12.2 Å². The number of rotatable bonds is 57. The highest BCUT2D eigenvalue weighted by Gasteiger charge is 2.28. The Morgan fingerprint density at radius 3 is 0.866 bits per heavy atom. The number of aliphatic hydroxyl groups excluding tert-OH is 4. The van der Waals surface area contributed by atoms with Crippen LogP contribution >= 0.6 is 0 Å². The van der Waals surface area contributed by atoms with E-state index in [1.54, 1.807) is 0 Å². The molecule has 0 saturated carbocycles. The van der Waals surface area contributed by atoms with Gasteiger partial charge in [0.2, 0.25) is 5.91 Å². The molecule has 400 valence electrons. The Kier molecular flexibility index (Phi) is 55.2. The van der Waals surface area contributed by atoms with Crippen molar-refractivity contribution in [3.63, 3.8) is 0 Å². The van der Waals surface area contributed by atoms with Crippen molar-refractivity contribution in [2.75, 3.05) is 6.61 Å². The molecule has 0 aromatic rings. The van der Waals surface area contributed by atoms with Gasteiger partial charge in [0.25, 0.3) is 0 Å². The molecule has 0 aliphatic carbocycles. The second-order valence-corrected chi connectivity index (χ2v) is 21.4. The summed E-state index contributed by atoms with van der Waals surface area (Å²) in [7, 11) is 0. The summed E-state index contributed by atoms with van der Waals surface area (Å²) in [5, 5.41) is 44.1. The van der Waals surface area contributed by atoms with Crippen LogP contribution in [-0.2, 0) is 4.79 Å². The minimum Gasteiger partial charge on any atom is -0.394 e. The SMILES string of the molecule is CCCCCCCCCCCCCC/C=C\CCCCCCCCCCCCCCCCCC(O)C(=O)NC(CO)C(O)C(O)CCCCCCCCCCCCCCCCCCCCCC. The third-order valence-electron chi connectivity index (χ3n) is 14.7. The molecule has 0 rings (SSSR count). The fraction of sp³-hybridized carbons (Fsp3) is 0.951. The van der Waals surface area contributed by atoms with Crippen molar-refractivity contribution in [2.45, 2.75) is 366 Å². The number of hydrogen-bond acceptors (Lipinski definition) is 5. The smallest absolute Gasteiger partial charge is 0.249 e. The predicted molar refractivity (Wildman–Crippen MR) is 293 cm³/mol. The van der Waals surface area contributed by atoms with Crippen molar-refractivity contribution in [1.29, 1.82) is 0 Å². The standard InChI is InChI=1S/C61H121NO5/c1-3-5-7-9-11-13-15-17-19-21-23-25-26-27-28-29-30-31-32-33-34-35-37-39-41-43-45-47-49-51-53-55-59(65)61(67)62-57(56-63)60(66)58(64)54-52-50-48-46-44-42-40-38-36-24-22-20-18-16-14-12-10-8-6-4-2/h27-28,57-60,63-66H,3-26,29-56H2,1-2H3,(H,62,67)/b28-27-. The van der Waals surface area contributed by atoms with Crippen molar-refractivity contribution in [3.8, 4) is 0 Å². The van der Waals surface area contributed by atoms with Crippen LogP contribution in [0.4, 0.5) is 0 Å². The first kappa shape index (κ1) is 66.0. The zero-order valence-corrected chi connectivity index (χ0v) is 45.4. The maximum absolute atomic E-state index is 12.6. The molecular formula is C61H121NO5. The van der Waals surface area contributed by atoms with Gasteiger partial charge in [0.05, 0.1) is 18.8 Å². The first-order chi connectivity index (χ1) is 33.0. The van der Waals surface area contributed by atoms with E-state index < -0.39 is 36.9 Å². The van der Waals surface area contributed by atoms with Crippen LogP contribution in [0.3, 0.4) is 0 Å². The lowest BCUT2D eigenvalue weighted by molar-refractivity contribution is -0.132. The summed E-state index contributed by atoms with van der Waals surface area (Å²) in [4.78, 5) is 12.6. The topological polar surface area (TPSA) is 110 Å². The average Bonchev–Trinajstić information content (AvgIpc) is 3.33. The number of aliphatic hydroxyl groups is 4. The Balaban J connectivity index is 3.56. The maximum atomic E-state index is 12.6. The van der Waals surface area contributed by atoms with Gasteiger partial charge in [0, 0.05) is 0 Å². The molecule has 0 fully saturated rings. The molecule has 0 spiro atoms. The van der Waals surface area contributed by atoms with Gasteiger partial charge in [-0.05, 0) is 38.5 Å². The number of hydrogen-bond donors (Lipinski definition) is 5. The lowest BCUT2D eigenvalue weighted by atomic mass is 9.99. The van der Waals surface area contributed by atoms with Gasteiger partial charge in [0.1, 0.15) is 12.2 Å². The molecule has 0 heterocycles. The van der Waals surface area contributed by atoms with E-state index in [1.807, 2.05) is 0 Å². The van der Waals surface area contributed by atoms with E-state index in [0.717, 1.165) is 38.5 Å². The normalized spacial score (nSPS) is 13.7. The van der Waals surface area contributed by atoms with Gasteiger partial charge >= 0.3 is 0 Å². The first-order valence-electron chi connectivity index (χ1n) is 30.6. The lowest BCUT2D eigenvalue weighted by Gasteiger charge is -2.27. The zero-order valence-electron chi connectivity index (χ0n) is 45.4. The summed E-state index contributed by atoms with van der Waals surface area (Å²) in [6.07, 6.45) is 67.3. The van der Waals surface area contributed by atoms with E-state index in [4.69, 9.17) is 0 Å². The van der Waals surface area contributed by atoms with Crippen molar-refractivity contribution in [2.24, 2.45) is 0 Å². The Morgan fingerprint density at radius 2 is 0.597 bits per heavy atom. The van der Waals surface area contributed by atoms with Crippen LogP contribution < -0.4 is 5.32 Å². The van der Waals surface area contributed by atoms with Gasteiger partial charge in [-0.2, -0.15) is 0 Å². The molecule has 0 aromatic carbocycles. The number of carbonyl (C=O) groups excluding carboxylic acids is 1. The Bertz CT molecular complexity index is 975. The molecule has 67 heavy (non-hydrogen) atoms. The largest absolute Gasteiger partial charge is 0.394 e. The van der Waals surface area contributed by atoms with Gasteiger partial charge in [-0.25, -0.2) is 0 Å². The third kappa shape index (κ3) is 49.8. The van der Waals surface area contributed by atoms with Crippen molar-refractivity contribution in [1.82, 2.24) is 5.32 Å². The third-order valence-corrected chi connectivity index (χ3v) is 14.7. The number of carbonyl (C=O) groups is 1. The number of amides is 1. The quantitative estimate of drug-likeness (QED) is 0.0308. The number of unbranched alkanes of at least 4 members (excludes halogenated alkanes) is 46. The van der Waals surface area contributed by atoms with E-state index in [2.05, 4.69) is 31.3 Å². The minimum absolute atomic E-state index is 0.374. The van der Waals surface area contributed by atoms with Crippen LogP contribution in [0.25, 0.3) is 0 Å². The molecule has 0 aliphatic heterocycles. The molecule has 1 amide bonds. The summed E-state index contributed by atoms with van der Waals surface area (Å²) in [5.41, 5.74) is 0. The minimum atomic E-state index is -1.26. The van der Waals surface area contributed by atoms with Crippen molar-refractivity contribution >= 4 is 5.91 Å². The van der Waals surface area contributed by atoms with Crippen LogP contribution in [0.15, 0.2) is 12.2 Å². The van der Waals surface area contributed by atoms with Gasteiger partial charge in [0.15, 0.2) is 0 Å². The van der Waals surface area contributed by atoms with E-state index in [1.165, 1.54) is 276 Å². The Labute approximate surface area is 419 Å². The molecule has 6 nitrogen and oxygen atoms in total. The van der Waals surface area contributed by atoms with Gasteiger partial charge < -0.3 is 25.7 Å². The maximum Gasteiger partial charge on any atom is 0.249 e. The van der Waals surface area contributed by atoms with Crippen LogP contribution in [0.1, 0.15) is 341 Å². The summed E-state index contributed by atoms with van der Waals surface area (Å²) < 4.78 is 0. The molecule has 6 heteroatoms. The number of allylic oxidation sites excluding steroid dienone is 2. The number of nitrogens with one attached hydrogen (secondary N) is 1. The predicted octanol–water partition coefficient (Wildman–Crippen LogP) is 18.0. The molecular weight excluding hydrogens is 827 g/mol. The van der Waals surface area contributed by atoms with E-state index in [-0.39, 0.29) is 0 Å². The van der Waals surface area contributed by atoms with Crippen LogP contribution in [0.5, 0.6) is 0 Å². The fourth-order valence-corrected chi connectivity index (χ4v) is 9.93. The van der Waals surface area contributed by atoms with E-state index >= 15 is 0 Å². The molecule has 4 atom stereocenters. The van der Waals surface area contributed by atoms with Crippen LogP contribution in [0, 0.1) is 0 Å². The second-order valence-electron chi connectivity index (χ2n) is 21.4. The molecule has 0 radical (unpaired) electrons. The molecule has 4 unspecified atom stereocenters. The fourth-order valence-electron chi connectivity index (χ4n) is 9.93. The van der Waals surface area contributed by atoms with Crippen LogP contribution in [-0.4, -0.2) is 57.3 Å². The summed E-state index contributed by atoms with van der Waals surface area (Å²) in [5.74, 6) is -0.577. The van der Waals surface area contributed by atoms with Gasteiger partial charge in [-0.1, -0.05) is 315 Å². The summed E-state index contributed by atoms with van der Waals surface area (Å²) >= 11 is 0.